The number of rotatable bonds is 5. The molecule has 3 amide bonds. The number of hydrogen-bond donors (Lipinski definition) is 3. The lowest BCUT2D eigenvalue weighted by atomic mass is 10.2. The van der Waals surface area contributed by atoms with Gasteiger partial charge in [0.25, 0.3) is 5.91 Å². The number of amides is 3. The molecule has 2 aromatic carbocycles. The first-order chi connectivity index (χ1) is 14.9. The average molecular weight is 449 g/mol. The molecule has 3 N–H and O–H groups in total. The summed E-state index contributed by atoms with van der Waals surface area (Å²) in [5, 5.41) is 11.9. The molecule has 0 radical (unpaired) electrons. The minimum Gasteiger partial charge on any atom is -0.497 e. The molecule has 1 aliphatic rings. The van der Waals surface area contributed by atoms with Crippen molar-refractivity contribution in [1.82, 2.24) is 14.7 Å². The van der Waals surface area contributed by atoms with Crippen molar-refractivity contribution in [2.24, 2.45) is 0 Å². The minimum absolute atomic E-state index is 0.00155. The highest BCUT2D eigenvalue weighted by atomic mass is 32.2. The molecule has 1 atom stereocenters. The van der Waals surface area contributed by atoms with Crippen LogP contribution in [-0.2, 0) is 14.8 Å². The maximum Gasteiger partial charge on any atom is 0.321 e. The number of hydroxylamine groups is 1. The molecular formula is C20H24N4O6S. The summed E-state index contributed by atoms with van der Waals surface area (Å²) in [4.78, 5) is 26.4. The Bertz CT molecular complexity index is 1010. The number of ether oxygens (including phenoxy) is 1. The van der Waals surface area contributed by atoms with Crippen LogP contribution in [0.15, 0.2) is 59.5 Å². The number of carbonyl (C=O) groups is 2. The number of anilines is 1. The van der Waals surface area contributed by atoms with Crippen LogP contribution in [0, 0.1) is 0 Å². The van der Waals surface area contributed by atoms with Gasteiger partial charge in [0.05, 0.1) is 12.0 Å². The van der Waals surface area contributed by atoms with Gasteiger partial charge in [0.15, 0.2) is 0 Å². The normalized spacial score (nSPS) is 17.5. The van der Waals surface area contributed by atoms with Gasteiger partial charge in [-0.05, 0) is 42.8 Å². The highest BCUT2D eigenvalue weighted by Crippen LogP contribution is 2.24. The van der Waals surface area contributed by atoms with E-state index in [1.54, 1.807) is 24.3 Å². The zero-order valence-corrected chi connectivity index (χ0v) is 17.7. The number of nitrogens with one attached hydrogen (secondary N) is 2. The Morgan fingerprint density at radius 2 is 1.74 bits per heavy atom. The van der Waals surface area contributed by atoms with Crippen LogP contribution < -0.4 is 15.5 Å². The van der Waals surface area contributed by atoms with Crippen LogP contribution in [0.4, 0.5) is 10.5 Å². The predicted octanol–water partition coefficient (Wildman–Crippen LogP) is 1.50. The summed E-state index contributed by atoms with van der Waals surface area (Å²) in [6.45, 7) is 0.0184. The lowest BCUT2D eigenvalue weighted by Crippen LogP contribution is -2.53. The summed E-state index contributed by atoms with van der Waals surface area (Å²) in [6.07, 6.45) is 0.312. The average Bonchev–Trinajstić information content (AvgIpc) is 3.03. The first-order valence-corrected chi connectivity index (χ1v) is 11.0. The van der Waals surface area contributed by atoms with Crippen molar-refractivity contribution in [3.8, 4) is 5.75 Å². The van der Waals surface area contributed by atoms with Crippen molar-refractivity contribution in [1.29, 1.82) is 0 Å². The largest absolute Gasteiger partial charge is 0.497 e. The summed E-state index contributed by atoms with van der Waals surface area (Å²) in [5.41, 5.74) is 2.09. The molecule has 31 heavy (non-hydrogen) atoms. The molecule has 0 bridgehead atoms. The lowest BCUT2D eigenvalue weighted by Gasteiger charge is -2.29. The molecule has 0 aromatic heterocycles. The molecule has 3 rings (SSSR count). The van der Waals surface area contributed by atoms with E-state index < -0.39 is 28.0 Å². The van der Waals surface area contributed by atoms with Gasteiger partial charge >= 0.3 is 6.03 Å². The summed E-state index contributed by atoms with van der Waals surface area (Å²) in [7, 11) is -2.61. The number of sulfonamides is 1. The number of nitrogens with zero attached hydrogens (tertiary/aromatic N) is 2. The van der Waals surface area contributed by atoms with E-state index in [1.165, 1.54) is 41.8 Å². The summed E-state index contributed by atoms with van der Waals surface area (Å²) in [5.74, 6) is -0.431. The summed E-state index contributed by atoms with van der Waals surface area (Å²) in [6, 6.07) is 12.8. The van der Waals surface area contributed by atoms with Gasteiger partial charge in [-0.25, -0.2) is 18.7 Å². The van der Waals surface area contributed by atoms with E-state index in [4.69, 9.17) is 4.74 Å². The van der Waals surface area contributed by atoms with Crippen molar-refractivity contribution in [3.05, 3.63) is 54.6 Å². The zero-order chi connectivity index (χ0) is 22.4. The van der Waals surface area contributed by atoms with Crippen LogP contribution >= 0.6 is 0 Å². The second kappa shape index (κ2) is 9.77. The fourth-order valence-electron chi connectivity index (χ4n) is 3.33. The van der Waals surface area contributed by atoms with E-state index in [0.717, 1.165) is 4.31 Å². The predicted molar refractivity (Wildman–Crippen MR) is 112 cm³/mol. The molecule has 1 heterocycles. The third kappa shape index (κ3) is 5.13. The van der Waals surface area contributed by atoms with Gasteiger partial charge in [-0.2, -0.15) is 4.31 Å². The number of methoxy groups -OCH3 is 1. The fourth-order valence-corrected chi connectivity index (χ4v) is 4.95. The maximum absolute atomic E-state index is 13.2. The molecule has 1 unspecified atom stereocenters. The lowest BCUT2D eigenvalue weighted by molar-refractivity contribution is -0.133. The summed E-state index contributed by atoms with van der Waals surface area (Å²) >= 11 is 0. The van der Waals surface area contributed by atoms with Crippen molar-refractivity contribution in [2.45, 2.75) is 17.4 Å². The molecule has 10 nitrogen and oxygen atoms in total. The van der Waals surface area contributed by atoms with Gasteiger partial charge in [-0.1, -0.05) is 18.2 Å². The van der Waals surface area contributed by atoms with Crippen LogP contribution in [0.2, 0.25) is 0 Å². The SMILES string of the molecule is COc1ccc(S(=O)(=O)N2CCCN(C(=O)Nc3ccccc3)CC2C(=O)NO)cc1. The maximum atomic E-state index is 13.2. The molecule has 2 aromatic rings. The molecular weight excluding hydrogens is 424 g/mol. The highest BCUT2D eigenvalue weighted by Gasteiger charge is 2.39. The van der Waals surface area contributed by atoms with Gasteiger partial charge in [-0.3, -0.25) is 10.0 Å². The van der Waals surface area contributed by atoms with Crippen LogP contribution in [0.1, 0.15) is 6.42 Å². The van der Waals surface area contributed by atoms with E-state index in [9.17, 15) is 23.2 Å². The monoisotopic (exact) mass is 448 g/mol. The Balaban J connectivity index is 1.85. The van der Waals surface area contributed by atoms with Crippen molar-refractivity contribution >= 4 is 27.6 Å². The van der Waals surface area contributed by atoms with Crippen LogP contribution in [0.25, 0.3) is 0 Å². The minimum atomic E-state index is -4.08. The Kier molecular flexibility index (Phi) is 7.10. The van der Waals surface area contributed by atoms with E-state index in [-0.39, 0.29) is 24.5 Å². The van der Waals surface area contributed by atoms with Crippen molar-refractivity contribution < 1.29 is 28.0 Å². The molecule has 0 saturated carbocycles. The van der Waals surface area contributed by atoms with Crippen molar-refractivity contribution in [2.75, 3.05) is 32.1 Å². The smallest absolute Gasteiger partial charge is 0.321 e. The van der Waals surface area contributed by atoms with Gasteiger partial charge in [0.1, 0.15) is 11.8 Å². The van der Waals surface area contributed by atoms with Gasteiger partial charge in [-0.15, -0.1) is 0 Å². The van der Waals surface area contributed by atoms with E-state index in [2.05, 4.69) is 5.32 Å². The number of benzene rings is 2. The third-order valence-electron chi connectivity index (χ3n) is 4.94. The zero-order valence-electron chi connectivity index (χ0n) is 16.9. The first-order valence-electron chi connectivity index (χ1n) is 9.57. The molecule has 1 aliphatic heterocycles. The third-order valence-corrected chi connectivity index (χ3v) is 6.86. The number of carbonyl (C=O) groups excluding carboxylic acids is 2. The molecule has 1 saturated heterocycles. The highest BCUT2D eigenvalue weighted by molar-refractivity contribution is 7.89. The van der Waals surface area contributed by atoms with Gasteiger partial charge in [0.2, 0.25) is 10.0 Å². The molecule has 11 heteroatoms. The fraction of sp³-hybridized carbons (Fsp3) is 0.300. The van der Waals surface area contributed by atoms with E-state index >= 15 is 0 Å². The van der Waals surface area contributed by atoms with Gasteiger partial charge < -0.3 is 15.0 Å². The Hall–Kier alpha value is -3.15. The Labute approximate surface area is 180 Å². The number of para-hydroxylation sites is 1. The van der Waals surface area contributed by atoms with Crippen molar-refractivity contribution in [3.63, 3.8) is 0 Å². The van der Waals surface area contributed by atoms with Gasteiger partial charge in [0, 0.05) is 25.3 Å². The van der Waals surface area contributed by atoms with Crippen LogP contribution in [-0.4, -0.2) is 67.6 Å². The second-order valence-corrected chi connectivity index (χ2v) is 8.77. The topological polar surface area (TPSA) is 128 Å². The Morgan fingerprint density at radius 3 is 2.35 bits per heavy atom. The molecule has 1 fully saturated rings. The first kappa shape index (κ1) is 22.5. The number of hydrogen-bond acceptors (Lipinski definition) is 6. The number of urea groups is 1. The standard InChI is InChI=1S/C20H24N4O6S/c1-30-16-8-10-17(11-9-16)31(28,29)24-13-5-12-23(14-18(24)19(25)22-27)20(26)21-15-6-3-2-4-7-15/h2-4,6-11,18,27H,5,12-14H2,1H3,(H,21,26)(H,22,25). The van der Waals surface area contributed by atoms with E-state index in [0.29, 0.717) is 17.9 Å². The molecule has 0 aliphatic carbocycles. The van der Waals surface area contributed by atoms with Crippen LogP contribution in [0.3, 0.4) is 0 Å². The van der Waals surface area contributed by atoms with Crippen LogP contribution in [0.5, 0.6) is 5.75 Å². The molecule has 166 valence electrons. The second-order valence-electron chi connectivity index (χ2n) is 6.88. The molecule has 0 spiro atoms. The summed E-state index contributed by atoms with van der Waals surface area (Å²) < 4.78 is 32.6. The Morgan fingerprint density at radius 1 is 1.06 bits per heavy atom. The van der Waals surface area contributed by atoms with E-state index in [1.807, 2.05) is 6.07 Å². The quantitative estimate of drug-likeness (QED) is 0.470.